The molecule has 1 aliphatic heterocycles. The van der Waals surface area contributed by atoms with Gasteiger partial charge in [-0.05, 0) is 26.7 Å². The molecule has 1 saturated heterocycles. The number of nitrogens with two attached hydrogens (primary N) is 1. The number of rotatable bonds is 0. The van der Waals surface area contributed by atoms with E-state index in [0.717, 1.165) is 6.42 Å². The average Bonchev–Trinajstić information content (AvgIpc) is 1.84. The molecule has 0 amide bonds. The molecule has 0 aromatic carbocycles. The summed E-state index contributed by atoms with van der Waals surface area (Å²) in [5, 5.41) is 0. The van der Waals surface area contributed by atoms with Crippen molar-refractivity contribution in [3.05, 3.63) is 0 Å². The van der Waals surface area contributed by atoms with Crippen molar-refractivity contribution >= 4 is 9.84 Å². The highest BCUT2D eigenvalue weighted by Gasteiger charge is 2.42. The zero-order valence-electron chi connectivity index (χ0n) is 7.00. The first-order valence-electron chi connectivity index (χ1n) is 3.86. The summed E-state index contributed by atoms with van der Waals surface area (Å²) in [6.45, 7) is 3.43. The molecule has 11 heavy (non-hydrogen) atoms. The summed E-state index contributed by atoms with van der Waals surface area (Å²) < 4.78 is 22.2. The fourth-order valence-electron chi connectivity index (χ4n) is 1.33. The molecular formula is C7H15NO2S. The topological polar surface area (TPSA) is 60.2 Å². The van der Waals surface area contributed by atoms with Gasteiger partial charge in [-0.3, -0.25) is 0 Å². The zero-order chi connectivity index (χ0) is 8.70. The van der Waals surface area contributed by atoms with E-state index in [1.807, 2.05) is 0 Å². The Labute approximate surface area is 67.9 Å². The summed E-state index contributed by atoms with van der Waals surface area (Å²) >= 11 is 0. The van der Waals surface area contributed by atoms with Crippen molar-refractivity contribution in [1.29, 1.82) is 0 Å². The van der Waals surface area contributed by atoms with Crippen molar-refractivity contribution in [2.45, 2.75) is 37.5 Å². The minimum absolute atomic E-state index is 0.193. The summed E-state index contributed by atoms with van der Waals surface area (Å²) in [6, 6.07) is -0.193. The lowest BCUT2D eigenvalue weighted by Crippen LogP contribution is -2.53. The Bertz CT molecular complexity index is 243. The Balaban J connectivity index is 3.01. The van der Waals surface area contributed by atoms with Crippen molar-refractivity contribution in [2.24, 2.45) is 5.73 Å². The average molecular weight is 177 g/mol. The maximum atomic E-state index is 11.4. The van der Waals surface area contributed by atoms with Gasteiger partial charge in [0.2, 0.25) is 0 Å². The third-order valence-corrected chi connectivity index (χ3v) is 5.35. The van der Waals surface area contributed by atoms with E-state index in [2.05, 4.69) is 0 Å². The van der Waals surface area contributed by atoms with Gasteiger partial charge < -0.3 is 5.73 Å². The maximum absolute atomic E-state index is 11.4. The van der Waals surface area contributed by atoms with E-state index in [-0.39, 0.29) is 6.04 Å². The molecule has 0 aliphatic carbocycles. The van der Waals surface area contributed by atoms with E-state index in [4.69, 9.17) is 5.73 Å². The van der Waals surface area contributed by atoms with Crippen LogP contribution in [0, 0.1) is 0 Å². The molecule has 0 bridgehead atoms. The minimum Gasteiger partial charge on any atom is -0.326 e. The molecular weight excluding hydrogens is 162 g/mol. The van der Waals surface area contributed by atoms with Crippen LogP contribution in [-0.4, -0.2) is 25.0 Å². The van der Waals surface area contributed by atoms with Crippen LogP contribution < -0.4 is 5.73 Å². The SMILES string of the molecule is CC1(C)C(N)CCCS1(=O)=O. The van der Waals surface area contributed by atoms with Gasteiger partial charge in [-0.1, -0.05) is 0 Å². The number of hydrogen-bond acceptors (Lipinski definition) is 3. The molecule has 0 aromatic rings. The lowest BCUT2D eigenvalue weighted by Gasteiger charge is -2.35. The molecule has 4 heteroatoms. The quantitative estimate of drug-likeness (QED) is 0.579. The van der Waals surface area contributed by atoms with Crippen LogP contribution in [0.5, 0.6) is 0 Å². The Morgan fingerprint density at radius 3 is 2.36 bits per heavy atom. The Kier molecular flexibility index (Phi) is 2.01. The van der Waals surface area contributed by atoms with Crippen molar-refractivity contribution in [2.75, 3.05) is 5.75 Å². The monoisotopic (exact) mass is 177 g/mol. The molecule has 0 radical (unpaired) electrons. The van der Waals surface area contributed by atoms with Crippen molar-refractivity contribution < 1.29 is 8.42 Å². The van der Waals surface area contributed by atoms with Crippen LogP contribution in [0.4, 0.5) is 0 Å². The van der Waals surface area contributed by atoms with Gasteiger partial charge >= 0.3 is 0 Å². The molecule has 1 fully saturated rings. The highest BCUT2D eigenvalue weighted by Crippen LogP contribution is 2.28. The molecule has 0 spiro atoms. The second kappa shape index (κ2) is 2.45. The van der Waals surface area contributed by atoms with Crippen LogP contribution in [0.15, 0.2) is 0 Å². The second-order valence-electron chi connectivity index (χ2n) is 3.67. The predicted octanol–water partition coefficient (Wildman–Crippen LogP) is 0.301. The van der Waals surface area contributed by atoms with Gasteiger partial charge in [0, 0.05) is 6.04 Å². The fraction of sp³-hybridized carbons (Fsp3) is 1.00. The van der Waals surface area contributed by atoms with Crippen molar-refractivity contribution in [3.63, 3.8) is 0 Å². The van der Waals surface area contributed by atoms with Crippen LogP contribution in [0.3, 0.4) is 0 Å². The summed E-state index contributed by atoms with van der Waals surface area (Å²) in [5.41, 5.74) is 5.71. The molecule has 0 saturated carbocycles. The van der Waals surface area contributed by atoms with Gasteiger partial charge in [0.15, 0.2) is 9.84 Å². The van der Waals surface area contributed by atoms with Crippen LogP contribution in [0.25, 0.3) is 0 Å². The molecule has 3 nitrogen and oxygen atoms in total. The van der Waals surface area contributed by atoms with Crippen LogP contribution in [-0.2, 0) is 9.84 Å². The van der Waals surface area contributed by atoms with Gasteiger partial charge in [-0.15, -0.1) is 0 Å². The number of hydrogen-bond donors (Lipinski definition) is 1. The van der Waals surface area contributed by atoms with Crippen LogP contribution in [0.2, 0.25) is 0 Å². The lowest BCUT2D eigenvalue weighted by molar-refractivity contribution is 0.433. The predicted molar refractivity (Wildman–Crippen MR) is 45.1 cm³/mol. The first-order valence-corrected chi connectivity index (χ1v) is 5.51. The summed E-state index contributed by atoms with van der Waals surface area (Å²) in [4.78, 5) is 0. The Morgan fingerprint density at radius 1 is 1.45 bits per heavy atom. The molecule has 1 rings (SSSR count). The smallest absolute Gasteiger partial charge is 0.156 e. The van der Waals surface area contributed by atoms with Gasteiger partial charge in [0.25, 0.3) is 0 Å². The number of sulfone groups is 1. The van der Waals surface area contributed by atoms with E-state index in [1.54, 1.807) is 13.8 Å². The van der Waals surface area contributed by atoms with Crippen LogP contribution >= 0.6 is 0 Å². The molecule has 1 aliphatic rings. The third kappa shape index (κ3) is 1.29. The van der Waals surface area contributed by atoms with E-state index in [1.165, 1.54) is 0 Å². The van der Waals surface area contributed by atoms with E-state index in [9.17, 15) is 8.42 Å². The van der Waals surface area contributed by atoms with Gasteiger partial charge in [0.1, 0.15) is 0 Å². The molecule has 1 atom stereocenters. The summed E-state index contributed by atoms with van der Waals surface area (Å²) in [7, 11) is -2.94. The molecule has 1 heterocycles. The van der Waals surface area contributed by atoms with Crippen molar-refractivity contribution in [1.82, 2.24) is 0 Å². The van der Waals surface area contributed by atoms with E-state index < -0.39 is 14.6 Å². The maximum Gasteiger partial charge on any atom is 0.156 e. The largest absolute Gasteiger partial charge is 0.326 e. The standard InChI is InChI=1S/C7H15NO2S/c1-7(2)6(8)4-3-5-11(7,9)10/h6H,3-5,8H2,1-2H3. The van der Waals surface area contributed by atoms with Crippen LogP contribution in [0.1, 0.15) is 26.7 Å². The Morgan fingerprint density at radius 2 is 2.00 bits per heavy atom. The van der Waals surface area contributed by atoms with Gasteiger partial charge in [-0.2, -0.15) is 0 Å². The summed E-state index contributed by atoms with van der Waals surface area (Å²) in [6.07, 6.45) is 1.54. The zero-order valence-corrected chi connectivity index (χ0v) is 7.82. The molecule has 2 N–H and O–H groups in total. The minimum atomic E-state index is -2.94. The molecule has 66 valence electrons. The highest BCUT2D eigenvalue weighted by atomic mass is 32.2. The third-order valence-electron chi connectivity index (χ3n) is 2.62. The molecule has 1 unspecified atom stereocenters. The second-order valence-corrected chi connectivity index (χ2v) is 6.36. The Hall–Kier alpha value is -0.0900. The van der Waals surface area contributed by atoms with E-state index >= 15 is 0 Å². The first-order chi connectivity index (χ1) is 4.88. The summed E-state index contributed by atoms with van der Waals surface area (Å²) in [5.74, 6) is 0.299. The van der Waals surface area contributed by atoms with Gasteiger partial charge in [-0.25, -0.2) is 8.42 Å². The van der Waals surface area contributed by atoms with Gasteiger partial charge in [0.05, 0.1) is 10.5 Å². The molecule has 0 aromatic heterocycles. The van der Waals surface area contributed by atoms with Crippen molar-refractivity contribution in [3.8, 4) is 0 Å². The highest BCUT2D eigenvalue weighted by molar-refractivity contribution is 7.92. The first kappa shape index (κ1) is 9.00. The normalized spacial score (nSPS) is 35.0. The lowest BCUT2D eigenvalue weighted by atomic mass is 9.99. The fourth-order valence-corrected chi connectivity index (χ4v) is 2.99. The van der Waals surface area contributed by atoms with E-state index in [0.29, 0.717) is 12.2 Å².